The van der Waals surface area contributed by atoms with E-state index in [4.69, 9.17) is 39.9 Å². The van der Waals surface area contributed by atoms with Crippen LogP contribution in [0.25, 0.3) is 0 Å². The Morgan fingerprint density at radius 3 is 2.57 bits per heavy atom. The molecule has 0 spiro atoms. The van der Waals surface area contributed by atoms with Gasteiger partial charge in [-0.25, -0.2) is 9.98 Å². The number of aromatic nitrogens is 1. The third-order valence-electron chi connectivity index (χ3n) is 3.92. The van der Waals surface area contributed by atoms with Gasteiger partial charge < -0.3 is 16.8 Å². The molecule has 0 bridgehead atoms. The summed E-state index contributed by atoms with van der Waals surface area (Å²) in [6.07, 6.45) is 1.68. The Hall–Kier alpha value is -3.80. The lowest BCUT2D eigenvalue weighted by Crippen LogP contribution is -2.33. The molecule has 0 aliphatic carbocycles. The number of nitro groups is 1. The van der Waals surface area contributed by atoms with Crippen molar-refractivity contribution in [3.63, 3.8) is 0 Å². The van der Waals surface area contributed by atoms with Crippen molar-refractivity contribution < 1.29 is 4.92 Å². The second-order valence-electron chi connectivity index (χ2n) is 5.48. The number of hydrogen-bond acceptors (Lipinski definition) is 10. The normalized spacial score (nSPS) is 14.7. The van der Waals surface area contributed by atoms with Crippen molar-refractivity contribution in [1.29, 1.82) is 10.5 Å². The van der Waals surface area contributed by atoms with Crippen molar-refractivity contribution in [2.24, 2.45) is 4.99 Å². The smallest absolute Gasteiger partial charge is 0.276 e. The van der Waals surface area contributed by atoms with E-state index in [0.29, 0.717) is 0 Å². The van der Waals surface area contributed by atoms with Crippen LogP contribution < -0.4 is 22.1 Å². The fourth-order valence-corrected chi connectivity index (χ4v) is 3.06. The number of nitrogens with two attached hydrogens (primary N) is 2. The summed E-state index contributed by atoms with van der Waals surface area (Å²) >= 11 is 12.0. The minimum absolute atomic E-state index is 0.0215. The molecule has 13 heteroatoms. The van der Waals surface area contributed by atoms with Gasteiger partial charge in [-0.3, -0.25) is 15.4 Å². The summed E-state index contributed by atoms with van der Waals surface area (Å²) in [5.41, 5.74) is 11.5. The van der Waals surface area contributed by atoms with Gasteiger partial charge in [0, 0.05) is 11.6 Å². The van der Waals surface area contributed by atoms with Gasteiger partial charge in [0.15, 0.2) is 6.19 Å². The van der Waals surface area contributed by atoms with Crippen molar-refractivity contribution in [1.82, 2.24) is 10.3 Å². The van der Waals surface area contributed by atoms with Crippen LogP contribution in [0.4, 0.5) is 23.0 Å². The van der Waals surface area contributed by atoms with Gasteiger partial charge in [-0.05, 0) is 6.07 Å². The van der Waals surface area contributed by atoms with Gasteiger partial charge in [-0.2, -0.15) is 10.5 Å². The first-order valence-corrected chi connectivity index (χ1v) is 8.16. The Bertz CT molecular complexity index is 1130. The average molecular weight is 418 g/mol. The summed E-state index contributed by atoms with van der Waals surface area (Å²) in [6.45, 7) is 0. The van der Waals surface area contributed by atoms with Crippen molar-refractivity contribution in [2.45, 2.75) is 6.04 Å². The van der Waals surface area contributed by atoms with E-state index in [9.17, 15) is 15.4 Å². The molecule has 0 saturated heterocycles. The molecule has 1 aromatic heterocycles. The highest BCUT2D eigenvalue weighted by atomic mass is 35.5. The molecule has 140 valence electrons. The second kappa shape index (κ2) is 7.08. The van der Waals surface area contributed by atoms with E-state index in [-0.39, 0.29) is 55.7 Å². The van der Waals surface area contributed by atoms with Crippen molar-refractivity contribution in [3.8, 4) is 12.3 Å². The highest BCUT2D eigenvalue weighted by molar-refractivity contribution is 6.42. The average Bonchev–Trinajstić information content (AvgIpc) is 2.63. The summed E-state index contributed by atoms with van der Waals surface area (Å²) in [7, 11) is 0. The lowest BCUT2D eigenvalue weighted by atomic mass is 9.94. The number of rotatable bonds is 2. The van der Waals surface area contributed by atoms with Crippen LogP contribution in [0.2, 0.25) is 10.0 Å². The monoisotopic (exact) mass is 417 g/mol. The first-order chi connectivity index (χ1) is 13.3. The molecule has 6 N–H and O–H groups in total. The van der Waals surface area contributed by atoms with Crippen LogP contribution in [0.3, 0.4) is 0 Å². The zero-order valence-corrected chi connectivity index (χ0v) is 15.2. The van der Waals surface area contributed by atoms with Crippen molar-refractivity contribution in [3.05, 3.63) is 49.0 Å². The first kappa shape index (κ1) is 19.0. The Morgan fingerprint density at radius 1 is 1.29 bits per heavy atom. The van der Waals surface area contributed by atoms with Crippen LogP contribution in [0.15, 0.2) is 17.1 Å². The molecule has 1 aliphatic rings. The summed E-state index contributed by atoms with van der Waals surface area (Å²) in [4.78, 5) is 19.2. The zero-order valence-electron chi connectivity index (χ0n) is 13.7. The quantitative estimate of drug-likeness (QED) is 0.245. The number of fused-ring (bicyclic) bond motifs is 1. The summed E-state index contributed by atoms with van der Waals surface area (Å²) in [5.74, 6) is -0.102. The number of hydrogen-bond donors (Lipinski definition) is 4. The minimum Gasteiger partial charge on any atom is -0.397 e. The Kier molecular flexibility index (Phi) is 4.79. The minimum atomic E-state index is -1.11. The van der Waals surface area contributed by atoms with E-state index >= 15 is 0 Å². The predicted molar refractivity (Wildman–Crippen MR) is 103 cm³/mol. The number of pyridine rings is 1. The van der Waals surface area contributed by atoms with Gasteiger partial charge in [-0.1, -0.05) is 23.2 Å². The van der Waals surface area contributed by atoms with Gasteiger partial charge in [0.2, 0.25) is 5.96 Å². The molecule has 0 saturated carbocycles. The maximum atomic E-state index is 11.6. The van der Waals surface area contributed by atoms with E-state index in [1.807, 2.05) is 6.07 Å². The fraction of sp³-hybridized carbons (Fsp3) is 0.0667. The zero-order chi connectivity index (χ0) is 20.6. The Morgan fingerprint density at radius 2 is 1.96 bits per heavy atom. The molecule has 1 aromatic carbocycles. The van der Waals surface area contributed by atoms with Crippen LogP contribution in [0.1, 0.15) is 22.7 Å². The van der Waals surface area contributed by atoms with E-state index < -0.39 is 11.0 Å². The third kappa shape index (κ3) is 3.05. The topological polar surface area (TPSA) is 192 Å². The predicted octanol–water partition coefficient (Wildman–Crippen LogP) is 2.27. The number of benzene rings is 1. The Balaban J connectivity index is 2.36. The molecule has 1 aliphatic heterocycles. The van der Waals surface area contributed by atoms with E-state index in [0.717, 1.165) is 6.07 Å². The second-order valence-corrected chi connectivity index (χ2v) is 6.30. The molecule has 3 rings (SSSR count). The van der Waals surface area contributed by atoms with E-state index in [2.05, 4.69) is 20.6 Å². The molecule has 2 aromatic rings. The number of nitrogens with zero attached hydrogens (tertiary/aromatic N) is 5. The number of guanidine groups is 1. The number of anilines is 3. The molecule has 11 nitrogen and oxygen atoms in total. The van der Waals surface area contributed by atoms with Gasteiger partial charge >= 0.3 is 0 Å². The molecule has 0 radical (unpaired) electrons. The van der Waals surface area contributed by atoms with E-state index in [1.165, 1.54) is 6.07 Å². The summed E-state index contributed by atoms with van der Waals surface area (Å²) in [6, 6.07) is 3.09. The number of nitriles is 2. The third-order valence-corrected chi connectivity index (χ3v) is 4.64. The lowest BCUT2D eigenvalue weighted by Gasteiger charge is -2.26. The van der Waals surface area contributed by atoms with Crippen LogP contribution in [-0.4, -0.2) is 15.9 Å². The molecule has 1 unspecified atom stereocenters. The molecular weight excluding hydrogens is 409 g/mol. The number of nitrogens with one attached hydrogen (secondary N) is 2. The highest BCUT2D eigenvalue weighted by Crippen LogP contribution is 2.44. The molecule has 0 amide bonds. The fourth-order valence-electron chi connectivity index (χ4n) is 2.73. The summed E-state index contributed by atoms with van der Waals surface area (Å²) in [5, 5.41) is 34.8. The molecule has 0 fully saturated rings. The first-order valence-electron chi connectivity index (χ1n) is 7.40. The number of nitrogen functional groups attached to an aromatic ring is 2. The van der Waals surface area contributed by atoms with Crippen molar-refractivity contribution in [2.75, 3.05) is 16.8 Å². The maximum Gasteiger partial charge on any atom is 0.276 e. The van der Waals surface area contributed by atoms with Crippen LogP contribution in [0.5, 0.6) is 0 Å². The molecule has 28 heavy (non-hydrogen) atoms. The van der Waals surface area contributed by atoms with E-state index in [1.54, 1.807) is 6.19 Å². The van der Waals surface area contributed by atoms with Crippen molar-refractivity contribution >= 4 is 52.2 Å². The Labute approximate surface area is 167 Å². The van der Waals surface area contributed by atoms with Crippen LogP contribution >= 0.6 is 23.2 Å². The largest absolute Gasteiger partial charge is 0.397 e. The van der Waals surface area contributed by atoms with Gasteiger partial charge in [-0.15, -0.1) is 0 Å². The number of aliphatic imine (C=N–C) groups is 1. The standard InChI is InChI=1S/C15H9Cl2N9O2/c16-7-1-5(9(26(27)28)2-8(7)17)12-10-11(20)6(3-18)13(21)24-14(10)25-15(23-12)22-4-19/h1-2,12H,(H6,20,21,22,23,24,25). The summed E-state index contributed by atoms with van der Waals surface area (Å²) < 4.78 is 0. The number of nitro benzene ring substituents is 1. The van der Waals surface area contributed by atoms with Gasteiger partial charge in [0.25, 0.3) is 5.69 Å². The van der Waals surface area contributed by atoms with Gasteiger partial charge in [0.05, 0.1) is 26.2 Å². The highest BCUT2D eigenvalue weighted by Gasteiger charge is 2.34. The lowest BCUT2D eigenvalue weighted by molar-refractivity contribution is -0.385. The number of halogens is 2. The molecular formula is C15H9Cl2N9O2. The van der Waals surface area contributed by atoms with Crippen LogP contribution in [0, 0.1) is 32.9 Å². The maximum absolute atomic E-state index is 11.6. The SMILES string of the molecule is N#CNC1=NC(c2cc(Cl)c(Cl)cc2[N+](=O)[O-])c2c(nc(N)c(C#N)c2N)N1. The molecule has 1 atom stereocenters. The van der Waals surface area contributed by atoms with Crippen LogP contribution in [-0.2, 0) is 0 Å². The molecule has 2 heterocycles. The van der Waals surface area contributed by atoms with Gasteiger partial charge in [0.1, 0.15) is 29.3 Å².